The van der Waals surface area contributed by atoms with Crippen molar-refractivity contribution in [2.45, 2.75) is 83.7 Å². The summed E-state index contributed by atoms with van der Waals surface area (Å²) in [6.07, 6.45) is 11.8. The normalized spacial score (nSPS) is 29.9. The fraction of sp³-hybridized carbons (Fsp3) is 0.615. The molecular formula is C26H36F2O. The second kappa shape index (κ2) is 9.91. The highest BCUT2D eigenvalue weighted by Gasteiger charge is 2.44. The molecule has 3 heteroatoms. The van der Waals surface area contributed by atoms with Gasteiger partial charge < -0.3 is 4.74 Å². The topological polar surface area (TPSA) is 9.23 Å². The predicted molar refractivity (Wildman–Crippen MR) is 116 cm³/mol. The highest BCUT2D eigenvalue weighted by Crippen LogP contribution is 2.42. The third-order valence-electron chi connectivity index (χ3n) is 6.91. The summed E-state index contributed by atoms with van der Waals surface area (Å²) in [6, 6.07) is 8.61. The van der Waals surface area contributed by atoms with Crippen molar-refractivity contribution in [3.05, 3.63) is 59.1 Å². The smallest absolute Gasteiger partial charge is 0.179 e. The first-order valence-corrected chi connectivity index (χ1v) is 11.5. The highest BCUT2D eigenvalue weighted by molar-refractivity contribution is 5.32. The first kappa shape index (κ1) is 22.1. The van der Waals surface area contributed by atoms with Gasteiger partial charge in [0.2, 0.25) is 0 Å². The van der Waals surface area contributed by atoms with Crippen LogP contribution in [-0.2, 0) is 11.2 Å². The Morgan fingerprint density at radius 3 is 2.38 bits per heavy atom. The van der Waals surface area contributed by atoms with E-state index >= 15 is 4.39 Å². The zero-order valence-electron chi connectivity index (χ0n) is 18.2. The van der Waals surface area contributed by atoms with Crippen LogP contribution < -0.4 is 0 Å². The van der Waals surface area contributed by atoms with E-state index in [1.165, 1.54) is 44.1 Å². The van der Waals surface area contributed by atoms with E-state index in [4.69, 9.17) is 4.74 Å². The molecule has 1 fully saturated rings. The Morgan fingerprint density at radius 2 is 1.76 bits per heavy atom. The fourth-order valence-electron chi connectivity index (χ4n) is 4.94. The van der Waals surface area contributed by atoms with Gasteiger partial charge in [0.05, 0.1) is 6.61 Å². The molecule has 1 aromatic rings. The molecule has 0 amide bonds. The van der Waals surface area contributed by atoms with E-state index in [0.29, 0.717) is 18.9 Å². The van der Waals surface area contributed by atoms with Gasteiger partial charge in [0, 0.05) is 5.92 Å². The lowest BCUT2D eigenvalue weighted by Gasteiger charge is -2.32. The molecule has 160 valence electrons. The molecule has 1 aromatic carbocycles. The minimum Gasteiger partial charge on any atom is -0.491 e. The van der Waals surface area contributed by atoms with Gasteiger partial charge in [0.1, 0.15) is 0 Å². The van der Waals surface area contributed by atoms with Crippen LogP contribution in [0.25, 0.3) is 0 Å². The molecule has 2 atom stereocenters. The Balaban J connectivity index is 1.59. The third kappa shape index (κ3) is 5.10. The summed E-state index contributed by atoms with van der Waals surface area (Å²) < 4.78 is 35.6. The van der Waals surface area contributed by atoms with Crippen LogP contribution in [-0.4, -0.2) is 12.3 Å². The van der Waals surface area contributed by atoms with Crippen molar-refractivity contribution in [2.24, 2.45) is 11.8 Å². The fourth-order valence-corrected chi connectivity index (χ4v) is 4.94. The first-order valence-electron chi connectivity index (χ1n) is 11.5. The molecular weight excluding hydrogens is 366 g/mol. The second-order valence-corrected chi connectivity index (χ2v) is 8.87. The number of hydrogen-bond donors (Lipinski definition) is 0. The van der Waals surface area contributed by atoms with Crippen molar-refractivity contribution in [2.75, 3.05) is 6.61 Å². The van der Waals surface area contributed by atoms with Gasteiger partial charge in [-0.2, -0.15) is 0 Å². The van der Waals surface area contributed by atoms with Crippen LogP contribution in [0.4, 0.5) is 8.78 Å². The van der Waals surface area contributed by atoms with Crippen molar-refractivity contribution < 1.29 is 13.5 Å². The first-order chi connectivity index (χ1) is 14.0. The summed E-state index contributed by atoms with van der Waals surface area (Å²) in [5.41, 5.74) is 0.477. The Morgan fingerprint density at radius 1 is 1.07 bits per heavy atom. The number of allylic oxidation sites excluding steroid dienone is 3. The zero-order valence-corrected chi connectivity index (χ0v) is 18.2. The summed E-state index contributed by atoms with van der Waals surface area (Å²) in [6.45, 7) is 6.12. The monoisotopic (exact) mass is 402 g/mol. The maximum absolute atomic E-state index is 15.5. The number of rotatable bonds is 8. The van der Waals surface area contributed by atoms with Gasteiger partial charge in [-0.3, -0.25) is 0 Å². The number of ether oxygens (including phenoxy) is 1. The molecule has 0 aromatic heterocycles. The minimum atomic E-state index is -1.99. The average Bonchev–Trinajstić information content (AvgIpc) is 2.74. The van der Waals surface area contributed by atoms with Gasteiger partial charge in [-0.05, 0) is 74.5 Å². The summed E-state index contributed by atoms with van der Waals surface area (Å²) >= 11 is 0. The lowest BCUT2D eigenvalue weighted by atomic mass is 9.77. The Bertz CT molecular complexity index is 713. The summed E-state index contributed by atoms with van der Waals surface area (Å²) in [5, 5.41) is 0. The molecule has 2 unspecified atom stereocenters. The van der Waals surface area contributed by atoms with Crippen molar-refractivity contribution in [1.82, 2.24) is 0 Å². The molecule has 1 nitrogen and oxygen atoms in total. The van der Waals surface area contributed by atoms with E-state index in [1.54, 1.807) is 26.0 Å². The third-order valence-corrected chi connectivity index (χ3v) is 6.91. The molecule has 0 saturated heterocycles. The molecule has 1 saturated carbocycles. The van der Waals surface area contributed by atoms with E-state index < -0.39 is 17.4 Å². The van der Waals surface area contributed by atoms with Crippen molar-refractivity contribution in [1.29, 1.82) is 0 Å². The Hall–Kier alpha value is -1.64. The lowest BCUT2D eigenvalue weighted by Crippen LogP contribution is -2.35. The van der Waals surface area contributed by atoms with E-state index in [2.05, 4.69) is 31.2 Å². The summed E-state index contributed by atoms with van der Waals surface area (Å²) in [4.78, 5) is 0. The molecule has 2 aliphatic carbocycles. The second-order valence-electron chi connectivity index (χ2n) is 8.87. The largest absolute Gasteiger partial charge is 0.491 e. The quantitative estimate of drug-likeness (QED) is 0.430. The van der Waals surface area contributed by atoms with Crippen LogP contribution in [0, 0.1) is 11.8 Å². The van der Waals surface area contributed by atoms with Gasteiger partial charge in [-0.25, -0.2) is 8.78 Å². The van der Waals surface area contributed by atoms with Crippen molar-refractivity contribution in [3.63, 3.8) is 0 Å². The standard InChI is InChI=1S/C26H36F2O/c1-4-6-20-8-12-22(13-9-20)23-14-10-21(11-15-23)17-18-26(28)19(3)7-16-24(25(26)27)29-5-2/h7,10-11,14-16,19-20,22H,4-6,8-9,12-13,17-18H2,1-3H3. The number of hydrogen-bond acceptors (Lipinski definition) is 1. The van der Waals surface area contributed by atoms with E-state index in [1.807, 2.05) is 0 Å². The molecule has 2 aliphatic rings. The average molecular weight is 403 g/mol. The van der Waals surface area contributed by atoms with E-state index in [-0.39, 0.29) is 12.2 Å². The lowest BCUT2D eigenvalue weighted by molar-refractivity contribution is 0.0953. The van der Waals surface area contributed by atoms with Crippen LogP contribution in [0.1, 0.15) is 82.8 Å². The van der Waals surface area contributed by atoms with Crippen molar-refractivity contribution >= 4 is 0 Å². The van der Waals surface area contributed by atoms with Gasteiger partial charge in [0.25, 0.3) is 0 Å². The van der Waals surface area contributed by atoms with Crippen LogP contribution in [0.2, 0.25) is 0 Å². The van der Waals surface area contributed by atoms with Crippen LogP contribution in [0.15, 0.2) is 48.0 Å². The number of alkyl halides is 1. The summed E-state index contributed by atoms with van der Waals surface area (Å²) in [7, 11) is 0. The van der Waals surface area contributed by atoms with Crippen LogP contribution >= 0.6 is 0 Å². The predicted octanol–water partition coefficient (Wildman–Crippen LogP) is 7.82. The molecule has 0 N–H and O–H groups in total. The zero-order chi connectivity index (χ0) is 20.9. The van der Waals surface area contributed by atoms with Crippen molar-refractivity contribution in [3.8, 4) is 0 Å². The maximum Gasteiger partial charge on any atom is 0.179 e. The molecule has 0 aliphatic heterocycles. The van der Waals surface area contributed by atoms with Gasteiger partial charge in [-0.15, -0.1) is 0 Å². The molecule has 3 rings (SSSR count). The van der Waals surface area contributed by atoms with Crippen LogP contribution in [0.5, 0.6) is 0 Å². The molecule has 0 radical (unpaired) electrons. The van der Waals surface area contributed by atoms with E-state index in [0.717, 1.165) is 11.5 Å². The minimum absolute atomic E-state index is 0.0436. The number of halogens is 2. The number of benzene rings is 1. The van der Waals surface area contributed by atoms with Gasteiger partial charge in [-0.1, -0.05) is 57.0 Å². The SMILES string of the molecule is CCCC1CCC(c2ccc(CCC3(F)C(F)=C(OCC)C=CC3C)cc2)CC1. The van der Waals surface area contributed by atoms with Gasteiger partial charge in [0.15, 0.2) is 17.3 Å². The molecule has 0 heterocycles. The molecule has 0 spiro atoms. The maximum atomic E-state index is 15.5. The Kier molecular flexibility index (Phi) is 7.54. The van der Waals surface area contributed by atoms with Crippen LogP contribution in [0.3, 0.4) is 0 Å². The number of aryl methyl sites for hydroxylation is 1. The summed E-state index contributed by atoms with van der Waals surface area (Å²) in [5.74, 6) is 0.357. The molecule has 0 bridgehead atoms. The Labute approximate surface area is 175 Å². The highest BCUT2D eigenvalue weighted by atomic mass is 19.2. The van der Waals surface area contributed by atoms with E-state index in [9.17, 15) is 4.39 Å². The molecule has 29 heavy (non-hydrogen) atoms. The van der Waals surface area contributed by atoms with Gasteiger partial charge >= 0.3 is 0 Å².